The lowest BCUT2D eigenvalue weighted by Gasteiger charge is -2.16. The third-order valence-electron chi connectivity index (χ3n) is 2.91. The zero-order valence-corrected chi connectivity index (χ0v) is 10.8. The predicted octanol–water partition coefficient (Wildman–Crippen LogP) is 1.77. The number of hydrogen-bond donors (Lipinski definition) is 3. The standard InChI is InChI=1S/C13H16ClN3O/c14-10-1-2-11(13(15)18)12(7-10)17-8-9-3-5-16-6-4-9/h1-3,7,16-17H,4-6,8H2,(H2,15,18). The molecule has 0 saturated heterocycles. The number of anilines is 1. The molecule has 0 saturated carbocycles. The van der Waals surface area contributed by atoms with Gasteiger partial charge in [-0.2, -0.15) is 0 Å². The lowest BCUT2D eigenvalue weighted by atomic mass is 10.1. The third kappa shape index (κ3) is 3.24. The highest BCUT2D eigenvalue weighted by Crippen LogP contribution is 2.21. The van der Waals surface area contributed by atoms with E-state index < -0.39 is 5.91 Å². The highest BCUT2D eigenvalue weighted by Gasteiger charge is 2.09. The van der Waals surface area contributed by atoms with E-state index in [0.717, 1.165) is 19.5 Å². The van der Waals surface area contributed by atoms with Crippen molar-refractivity contribution in [1.29, 1.82) is 0 Å². The molecule has 1 aliphatic rings. The Hall–Kier alpha value is -1.52. The van der Waals surface area contributed by atoms with Gasteiger partial charge in [0.1, 0.15) is 0 Å². The van der Waals surface area contributed by atoms with Crippen LogP contribution in [0.2, 0.25) is 5.02 Å². The number of nitrogens with one attached hydrogen (secondary N) is 2. The molecular formula is C13H16ClN3O. The van der Waals surface area contributed by atoms with Crippen LogP contribution in [0.1, 0.15) is 16.8 Å². The maximum Gasteiger partial charge on any atom is 0.250 e. The summed E-state index contributed by atoms with van der Waals surface area (Å²) < 4.78 is 0. The summed E-state index contributed by atoms with van der Waals surface area (Å²) in [4.78, 5) is 11.3. The van der Waals surface area contributed by atoms with Crippen LogP contribution in [-0.4, -0.2) is 25.5 Å². The monoisotopic (exact) mass is 265 g/mol. The van der Waals surface area contributed by atoms with Crippen LogP contribution >= 0.6 is 11.6 Å². The fourth-order valence-corrected chi connectivity index (χ4v) is 2.09. The van der Waals surface area contributed by atoms with Crippen molar-refractivity contribution in [3.05, 3.63) is 40.4 Å². The molecule has 4 nitrogen and oxygen atoms in total. The van der Waals surface area contributed by atoms with Crippen LogP contribution in [0.25, 0.3) is 0 Å². The molecule has 1 amide bonds. The minimum absolute atomic E-state index is 0.451. The van der Waals surface area contributed by atoms with Crippen molar-refractivity contribution in [2.24, 2.45) is 5.73 Å². The molecule has 96 valence electrons. The average Bonchev–Trinajstić information content (AvgIpc) is 2.37. The van der Waals surface area contributed by atoms with Crippen molar-refractivity contribution in [2.45, 2.75) is 6.42 Å². The second-order valence-corrected chi connectivity index (χ2v) is 4.66. The maximum absolute atomic E-state index is 11.3. The van der Waals surface area contributed by atoms with Crippen molar-refractivity contribution in [3.8, 4) is 0 Å². The number of hydrogen-bond acceptors (Lipinski definition) is 3. The van der Waals surface area contributed by atoms with Crippen LogP contribution in [0, 0.1) is 0 Å². The molecule has 2 rings (SSSR count). The zero-order valence-electron chi connectivity index (χ0n) is 10.0. The predicted molar refractivity (Wildman–Crippen MR) is 74.0 cm³/mol. The number of primary amides is 1. The summed E-state index contributed by atoms with van der Waals surface area (Å²) >= 11 is 5.93. The van der Waals surface area contributed by atoms with Crippen LogP contribution in [0.5, 0.6) is 0 Å². The highest BCUT2D eigenvalue weighted by atomic mass is 35.5. The van der Waals surface area contributed by atoms with Gasteiger partial charge < -0.3 is 16.4 Å². The topological polar surface area (TPSA) is 67.2 Å². The molecule has 5 heteroatoms. The summed E-state index contributed by atoms with van der Waals surface area (Å²) in [5.74, 6) is -0.451. The summed E-state index contributed by atoms with van der Waals surface area (Å²) in [7, 11) is 0. The Bertz CT molecular complexity index is 485. The number of nitrogens with two attached hydrogens (primary N) is 1. The van der Waals surface area contributed by atoms with Crippen molar-refractivity contribution in [3.63, 3.8) is 0 Å². The lowest BCUT2D eigenvalue weighted by Crippen LogP contribution is -2.23. The van der Waals surface area contributed by atoms with E-state index in [0.29, 0.717) is 22.8 Å². The fourth-order valence-electron chi connectivity index (χ4n) is 1.92. The first-order chi connectivity index (χ1) is 8.66. The molecule has 1 aromatic carbocycles. The SMILES string of the molecule is NC(=O)c1ccc(Cl)cc1NCC1=CCNCC1. The summed E-state index contributed by atoms with van der Waals surface area (Å²) in [6.45, 7) is 2.60. The molecule has 0 radical (unpaired) electrons. The Labute approximate surface area is 111 Å². The highest BCUT2D eigenvalue weighted by molar-refractivity contribution is 6.31. The minimum Gasteiger partial charge on any atom is -0.381 e. The molecule has 0 unspecified atom stereocenters. The van der Waals surface area contributed by atoms with E-state index in [4.69, 9.17) is 17.3 Å². The Morgan fingerprint density at radius 1 is 1.50 bits per heavy atom. The third-order valence-corrected chi connectivity index (χ3v) is 3.15. The Balaban J connectivity index is 2.10. The molecule has 0 aliphatic carbocycles. The number of rotatable bonds is 4. The second-order valence-electron chi connectivity index (χ2n) is 4.22. The van der Waals surface area contributed by atoms with Gasteiger partial charge in [-0.3, -0.25) is 4.79 Å². The van der Waals surface area contributed by atoms with Gasteiger partial charge >= 0.3 is 0 Å². The van der Waals surface area contributed by atoms with Crippen LogP contribution in [0.4, 0.5) is 5.69 Å². The van der Waals surface area contributed by atoms with Crippen molar-refractivity contribution in [2.75, 3.05) is 25.0 Å². The summed E-state index contributed by atoms with van der Waals surface area (Å²) in [6, 6.07) is 5.03. The van der Waals surface area contributed by atoms with E-state index >= 15 is 0 Å². The average molecular weight is 266 g/mol. The molecule has 1 aliphatic heterocycles. The molecule has 1 aromatic rings. The quantitative estimate of drug-likeness (QED) is 0.727. The van der Waals surface area contributed by atoms with Crippen molar-refractivity contribution >= 4 is 23.2 Å². The summed E-state index contributed by atoms with van der Waals surface area (Å²) in [5.41, 5.74) is 7.81. The van der Waals surface area contributed by atoms with E-state index in [1.165, 1.54) is 5.57 Å². The molecule has 0 aromatic heterocycles. The fraction of sp³-hybridized carbons (Fsp3) is 0.308. The molecule has 1 heterocycles. The van der Waals surface area contributed by atoms with Gasteiger partial charge in [-0.15, -0.1) is 0 Å². The first kappa shape index (κ1) is 12.9. The Morgan fingerprint density at radius 3 is 3.00 bits per heavy atom. The number of halogens is 1. The first-order valence-electron chi connectivity index (χ1n) is 5.88. The van der Waals surface area contributed by atoms with Crippen LogP contribution in [0.15, 0.2) is 29.8 Å². The van der Waals surface area contributed by atoms with Gasteiger partial charge in [0.15, 0.2) is 0 Å². The molecule has 4 N–H and O–H groups in total. The van der Waals surface area contributed by atoms with Gasteiger partial charge in [0, 0.05) is 23.8 Å². The molecule has 0 spiro atoms. The molecule has 0 bridgehead atoms. The van der Waals surface area contributed by atoms with Gasteiger partial charge in [-0.25, -0.2) is 0 Å². The molecule has 0 atom stereocenters. The van der Waals surface area contributed by atoms with Gasteiger partial charge in [-0.1, -0.05) is 23.3 Å². The van der Waals surface area contributed by atoms with E-state index in [9.17, 15) is 4.79 Å². The Kier molecular flexibility index (Phi) is 4.23. The number of carbonyl (C=O) groups is 1. The molecular weight excluding hydrogens is 250 g/mol. The molecule has 18 heavy (non-hydrogen) atoms. The van der Waals surface area contributed by atoms with Crippen LogP contribution < -0.4 is 16.4 Å². The van der Waals surface area contributed by atoms with E-state index in [-0.39, 0.29) is 0 Å². The van der Waals surface area contributed by atoms with Crippen molar-refractivity contribution in [1.82, 2.24) is 5.32 Å². The number of carbonyl (C=O) groups excluding carboxylic acids is 1. The van der Waals surface area contributed by atoms with Crippen LogP contribution in [-0.2, 0) is 0 Å². The lowest BCUT2D eigenvalue weighted by molar-refractivity contribution is 0.100. The van der Waals surface area contributed by atoms with Gasteiger partial charge in [-0.05, 0) is 31.2 Å². The van der Waals surface area contributed by atoms with E-state index in [1.54, 1.807) is 18.2 Å². The number of benzene rings is 1. The smallest absolute Gasteiger partial charge is 0.250 e. The number of amides is 1. The zero-order chi connectivity index (χ0) is 13.0. The van der Waals surface area contributed by atoms with E-state index in [2.05, 4.69) is 16.7 Å². The minimum atomic E-state index is -0.451. The summed E-state index contributed by atoms with van der Waals surface area (Å²) in [5, 5.41) is 7.06. The molecule has 0 fully saturated rings. The maximum atomic E-state index is 11.3. The van der Waals surface area contributed by atoms with E-state index in [1.807, 2.05) is 0 Å². The summed E-state index contributed by atoms with van der Waals surface area (Å²) in [6.07, 6.45) is 3.17. The second kappa shape index (κ2) is 5.89. The normalized spacial score (nSPS) is 15.1. The van der Waals surface area contributed by atoms with Crippen molar-refractivity contribution < 1.29 is 4.79 Å². The van der Waals surface area contributed by atoms with Gasteiger partial charge in [0.05, 0.1) is 5.56 Å². The van der Waals surface area contributed by atoms with Crippen LogP contribution in [0.3, 0.4) is 0 Å². The first-order valence-corrected chi connectivity index (χ1v) is 6.26. The largest absolute Gasteiger partial charge is 0.381 e. The van der Waals surface area contributed by atoms with Gasteiger partial charge in [0.25, 0.3) is 5.91 Å². The van der Waals surface area contributed by atoms with Gasteiger partial charge in [0.2, 0.25) is 0 Å². The Morgan fingerprint density at radius 2 is 2.33 bits per heavy atom.